The zero-order valence-corrected chi connectivity index (χ0v) is 9.78. The maximum Gasteiger partial charge on any atom is 0.416 e. The van der Waals surface area contributed by atoms with Crippen LogP contribution in [0.15, 0.2) is 30.4 Å². The van der Waals surface area contributed by atoms with E-state index in [0.717, 1.165) is 18.2 Å². The summed E-state index contributed by atoms with van der Waals surface area (Å²) in [4.78, 5) is 21.5. The smallest absolute Gasteiger partial charge is 0.416 e. The van der Waals surface area contributed by atoms with Crippen LogP contribution in [-0.4, -0.2) is 17.0 Å². The summed E-state index contributed by atoms with van der Waals surface area (Å²) in [7, 11) is 0. The van der Waals surface area contributed by atoms with E-state index in [2.05, 4.69) is 5.32 Å². The van der Waals surface area contributed by atoms with Crippen molar-refractivity contribution in [3.05, 3.63) is 41.5 Å². The molecule has 19 heavy (non-hydrogen) atoms. The predicted molar refractivity (Wildman–Crippen MR) is 61.6 cm³/mol. The molecule has 0 atom stereocenters. The van der Waals surface area contributed by atoms with Gasteiger partial charge in [-0.3, -0.25) is 4.79 Å². The summed E-state index contributed by atoms with van der Waals surface area (Å²) < 4.78 is 37.8. The van der Waals surface area contributed by atoms with Crippen LogP contribution >= 0.6 is 0 Å². The molecule has 2 N–H and O–H groups in total. The lowest BCUT2D eigenvalue weighted by atomic mass is 10.1. The number of aliphatic carboxylic acids is 1. The summed E-state index contributed by atoms with van der Waals surface area (Å²) in [5.41, 5.74) is -1.01. The average molecular weight is 273 g/mol. The molecule has 0 aliphatic heterocycles. The highest BCUT2D eigenvalue weighted by Crippen LogP contribution is 2.34. The maximum atomic E-state index is 12.6. The van der Waals surface area contributed by atoms with Gasteiger partial charge in [0.2, 0.25) is 5.91 Å². The molecule has 0 fully saturated rings. The number of amides is 1. The van der Waals surface area contributed by atoms with Crippen LogP contribution < -0.4 is 5.32 Å². The molecule has 0 spiro atoms. The molecule has 102 valence electrons. The largest absolute Gasteiger partial charge is 0.478 e. The SMILES string of the molecule is Cc1c(NC(=O)C=CC(=O)O)cccc1C(F)(F)F. The van der Waals surface area contributed by atoms with Gasteiger partial charge in [-0.05, 0) is 24.6 Å². The molecule has 4 nitrogen and oxygen atoms in total. The number of carbonyl (C=O) groups is 2. The van der Waals surface area contributed by atoms with Crippen molar-refractivity contribution in [1.29, 1.82) is 0 Å². The van der Waals surface area contributed by atoms with Crippen molar-refractivity contribution in [2.45, 2.75) is 13.1 Å². The first kappa shape index (κ1) is 14.7. The summed E-state index contributed by atoms with van der Waals surface area (Å²) in [5, 5.41) is 10.5. The zero-order chi connectivity index (χ0) is 14.6. The number of hydrogen-bond donors (Lipinski definition) is 2. The first-order chi connectivity index (χ1) is 8.71. The van der Waals surface area contributed by atoms with Crippen LogP contribution in [0.2, 0.25) is 0 Å². The van der Waals surface area contributed by atoms with Crippen molar-refractivity contribution in [1.82, 2.24) is 0 Å². The Hall–Kier alpha value is -2.31. The molecule has 7 heteroatoms. The standard InChI is InChI=1S/C12H10F3NO3/c1-7-8(12(13,14)15)3-2-4-9(7)16-10(17)5-6-11(18)19/h2-6H,1H3,(H,16,17)(H,18,19). The number of carboxylic acids is 1. The Bertz CT molecular complexity index is 536. The van der Waals surface area contributed by atoms with Gasteiger partial charge in [-0.2, -0.15) is 13.2 Å². The second kappa shape index (κ2) is 5.55. The normalized spacial score (nSPS) is 11.6. The van der Waals surface area contributed by atoms with Crippen LogP contribution in [0.25, 0.3) is 0 Å². The van der Waals surface area contributed by atoms with E-state index >= 15 is 0 Å². The van der Waals surface area contributed by atoms with E-state index in [1.54, 1.807) is 0 Å². The topological polar surface area (TPSA) is 66.4 Å². The molecular formula is C12H10F3NO3. The van der Waals surface area contributed by atoms with Crippen LogP contribution in [0.3, 0.4) is 0 Å². The number of alkyl halides is 3. The lowest BCUT2D eigenvalue weighted by molar-refractivity contribution is -0.138. The summed E-state index contributed by atoms with van der Waals surface area (Å²) in [6.45, 7) is 1.22. The molecule has 0 unspecified atom stereocenters. The lowest BCUT2D eigenvalue weighted by Crippen LogP contribution is -2.13. The molecule has 1 amide bonds. The molecule has 0 saturated carbocycles. The number of anilines is 1. The molecule has 0 aliphatic rings. The van der Waals surface area contributed by atoms with Gasteiger partial charge in [-0.25, -0.2) is 4.79 Å². The second-order valence-corrected chi connectivity index (χ2v) is 3.64. The van der Waals surface area contributed by atoms with Crippen molar-refractivity contribution in [3.63, 3.8) is 0 Å². The minimum atomic E-state index is -4.51. The quantitative estimate of drug-likeness (QED) is 0.832. The Morgan fingerprint density at radius 1 is 1.26 bits per heavy atom. The van der Waals surface area contributed by atoms with Gasteiger partial charge >= 0.3 is 12.1 Å². The van der Waals surface area contributed by atoms with Crippen LogP contribution in [0.5, 0.6) is 0 Å². The summed E-state index contributed by atoms with van der Waals surface area (Å²) in [5.74, 6) is -2.14. The van der Waals surface area contributed by atoms with Gasteiger partial charge in [0.25, 0.3) is 0 Å². The summed E-state index contributed by atoms with van der Waals surface area (Å²) >= 11 is 0. The zero-order valence-electron chi connectivity index (χ0n) is 9.78. The highest BCUT2D eigenvalue weighted by molar-refractivity contribution is 6.02. The Labute approximate surface area is 106 Å². The van der Waals surface area contributed by atoms with Crippen LogP contribution in [0.4, 0.5) is 18.9 Å². The molecule has 1 rings (SSSR count). The third kappa shape index (κ3) is 4.13. The van der Waals surface area contributed by atoms with E-state index in [0.29, 0.717) is 6.08 Å². The van der Waals surface area contributed by atoms with E-state index < -0.39 is 23.6 Å². The Morgan fingerprint density at radius 2 is 1.89 bits per heavy atom. The van der Waals surface area contributed by atoms with Gasteiger partial charge in [-0.15, -0.1) is 0 Å². The highest BCUT2D eigenvalue weighted by Gasteiger charge is 2.32. The van der Waals surface area contributed by atoms with Gasteiger partial charge in [0, 0.05) is 17.8 Å². The van der Waals surface area contributed by atoms with Crippen molar-refractivity contribution >= 4 is 17.6 Å². The Morgan fingerprint density at radius 3 is 2.42 bits per heavy atom. The molecule has 0 heterocycles. The van der Waals surface area contributed by atoms with E-state index in [1.165, 1.54) is 13.0 Å². The third-order valence-electron chi connectivity index (χ3n) is 2.27. The van der Waals surface area contributed by atoms with Crippen LogP contribution in [0, 0.1) is 6.92 Å². The van der Waals surface area contributed by atoms with Crippen LogP contribution in [-0.2, 0) is 15.8 Å². The fourth-order valence-corrected chi connectivity index (χ4v) is 1.40. The van der Waals surface area contributed by atoms with Gasteiger partial charge < -0.3 is 10.4 Å². The van der Waals surface area contributed by atoms with Gasteiger partial charge in [-0.1, -0.05) is 6.07 Å². The first-order valence-electron chi connectivity index (χ1n) is 5.10. The van der Waals surface area contributed by atoms with Crippen molar-refractivity contribution in [2.75, 3.05) is 5.32 Å². The Kier molecular flexibility index (Phi) is 4.31. The lowest BCUT2D eigenvalue weighted by Gasteiger charge is -2.13. The number of halogens is 3. The van der Waals surface area contributed by atoms with Gasteiger partial charge in [0.1, 0.15) is 0 Å². The fourth-order valence-electron chi connectivity index (χ4n) is 1.40. The van der Waals surface area contributed by atoms with Crippen molar-refractivity contribution in [2.24, 2.45) is 0 Å². The maximum absolute atomic E-state index is 12.6. The number of rotatable bonds is 3. The molecular weight excluding hydrogens is 263 g/mol. The number of carbonyl (C=O) groups excluding carboxylic acids is 1. The minimum Gasteiger partial charge on any atom is -0.478 e. The second-order valence-electron chi connectivity index (χ2n) is 3.64. The molecule has 1 aromatic carbocycles. The number of nitrogens with one attached hydrogen (secondary N) is 1. The summed E-state index contributed by atoms with van der Waals surface area (Å²) in [6.07, 6.45) is -3.19. The van der Waals surface area contributed by atoms with E-state index in [9.17, 15) is 22.8 Å². The molecule has 0 bridgehead atoms. The van der Waals surface area contributed by atoms with E-state index in [1.807, 2.05) is 0 Å². The number of benzene rings is 1. The molecule has 0 aliphatic carbocycles. The highest BCUT2D eigenvalue weighted by atomic mass is 19.4. The molecule has 0 radical (unpaired) electrons. The van der Waals surface area contributed by atoms with E-state index in [-0.39, 0.29) is 11.3 Å². The monoisotopic (exact) mass is 273 g/mol. The number of hydrogen-bond acceptors (Lipinski definition) is 2. The molecule has 0 aromatic heterocycles. The van der Waals surface area contributed by atoms with Gasteiger partial charge in [0.05, 0.1) is 5.56 Å². The summed E-state index contributed by atoms with van der Waals surface area (Å²) in [6, 6.07) is 3.36. The van der Waals surface area contributed by atoms with Crippen molar-refractivity contribution in [3.8, 4) is 0 Å². The Balaban J connectivity index is 2.98. The third-order valence-corrected chi connectivity index (χ3v) is 2.27. The molecule has 1 aromatic rings. The van der Waals surface area contributed by atoms with Crippen LogP contribution in [0.1, 0.15) is 11.1 Å². The fraction of sp³-hybridized carbons (Fsp3) is 0.167. The molecule has 0 saturated heterocycles. The van der Waals surface area contributed by atoms with Gasteiger partial charge in [0.15, 0.2) is 0 Å². The minimum absolute atomic E-state index is 0.0186. The average Bonchev–Trinajstić information content (AvgIpc) is 2.27. The predicted octanol–water partition coefficient (Wildman–Crippen LogP) is 2.59. The number of carboxylic acid groups (broad SMARTS) is 1. The van der Waals surface area contributed by atoms with E-state index in [4.69, 9.17) is 5.11 Å². The van der Waals surface area contributed by atoms with Crippen molar-refractivity contribution < 1.29 is 27.9 Å². The first-order valence-corrected chi connectivity index (χ1v) is 5.10.